The summed E-state index contributed by atoms with van der Waals surface area (Å²) in [7, 11) is 0. The van der Waals surface area contributed by atoms with E-state index >= 15 is 0 Å². The lowest BCUT2D eigenvalue weighted by Crippen LogP contribution is -2.38. The molecule has 2 N–H and O–H groups in total. The van der Waals surface area contributed by atoms with Gasteiger partial charge in [-0.05, 0) is 52.4 Å². The second kappa shape index (κ2) is 5.11. The van der Waals surface area contributed by atoms with Crippen LogP contribution in [0.1, 0.15) is 70.5 Å². The van der Waals surface area contributed by atoms with Crippen LogP contribution in [-0.4, -0.2) is 22.8 Å². The molecule has 5 nitrogen and oxygen atoms in total. The minimum absolute atomic E-state index is 0.113. The molecular weight excluding hydrogens is 254 g/mol. The Morgan fingerprint density at radius 3 is 2.65 bits per heavy atom. The van der Waals surface area contributed by atoms with Crippen LogP contribution in [0.4, 0.5) is 0 Å². The van der Waals surface area contributed by atoms with Crippen LogP contribution in [-0.2, 0) is 15.8 Å². The van der Waals surface area contributed by atoms with Crippen LogP contribution < -0.4 is 5.73 Å². The third-order valence-corrected chi connectivity index (χ3v) is 5.18. The van der Waals surface area contributed by atoms with Gasteiger partial charge in [-0.1, -0.05) is 11.6 Å². The number of aromatic nitrogens is 2. The Hall–Kier alpha value is -0.940. The third-order valence-electron chi connectivity index (χ3n) is 5.18. The molecule has 2 aliphatic carbocycles. The highest BCUT2D eigenvalue weighted by Crippen LogP contribution is 2.43. The van der Waals surface area contributed by atoms with E-state index in [-0.39, 0.29) is 17.1 Å². The van der Waals surface area contributed by atoms with Gasteiger partial charge in [0.1, 0.15) is 5.60 Å². The largest absolute Gasteiger partial charge is 0.367 e. The van der Waals surface area contributed by atoms with E-state index in [2.05, 4.69) is 12.1 Å². The fourth-order valence-electron chi connectivity index (χ4n) is 3.75. The Morgan fingerprint density at radius 1 is 1.30 bits per heavy atom. The zero-order valence-corrected chi connectivity index (χ0v) is 12.5. The van der Waals surface area contributed by atoms with Gasteiger partial charge in [0.25, 0.3) is 0 Å². The molecule has 3 rings (SSSR count). The fourth-order valence-corrected chi connectivity index (χ4v) is 3.75. The maximum Gasteiger partial charge on any atom is 0.234 e. The summed E-state index contributed by atoms with van der Waals surface area (Å²) in [6, 6.07) is 0.113. The van der Waals surface area contributed by atoms with Gasteiger partial charge in [-0.15, -0.1) is 0 Å². The number of nitrogens with two attached hydrogens (primary N) is 1. The Balaban J connectivity index is 1.89. The minimum Gasteiger partial charge on any atom is -0.367 e. The average Bonchev–Trinajstić information content (AvgIpc) is 3.12. The van der Waals surface area contributed by atoms with Crippen molar-refractivity contribution in [2.75, 3.05) is 6.61 Å². The summed E-state index contributed by atoms with van der Waals surface area (Å²) in [6.07, 6.45) is 7.50. The lowest BCUT2D eigenvalue weighted by atomic mass is 9.85. The SMILES string of the molecule is CCOC1(c2noc(C3(C)CCCC3N)n2)CCCC1. The zero-order chi connectivity index (χ0) is 14.2. The van der Waals surface area contributed by atoms with Crippen molar-refractivity contribution in [1.82, 2.24) is 10.1 Å². The van der Waals surface area contributed by atoms with Crippen molar-refractivity contribution >= 4 is 0 Å². The van der Waals surface area contributed by atoms with Gasteiger partial charge in [0.05, 0.1) is 5.41 Å². The van der Waals surface area contributed by atoms with Crippen molar-refractivity contribution in [2.45, 2.75) is 75.9 Å². The summed E-state index contributed by atoms with van der Waals surface area (Å²) in [5.41, 5.74) is 5.75. The highest BCUT2D eigenvalue weighted by atomic mass is 16.5. The molecule has 20 heavy (non-hydrogen) atoms. The molecule has 1 heterocycles. The molecule has 0 spiro atoms. The van der Waals surface area contributed by atoms with Crippen LogP contribution in [0.25, 0.3) is 0 Å². The Labute approximate surface area is 120 Å². The number of rotatable bonds is 4. The van der Waals surface area contributed by atoms with Gasteiger partial charge in [0.15, 0.2) is 0 Å². The molecule has 2 unspecified atom stereocenters. The normalized spacial score (nSPS) is 32.9. The van der Waals surface area contributed by atoms with Gasteiger partial charge in [-0.25, -0.2) is 0 Å². The second-order valence-electron chi connectivity index (χ2n) is 6.47. The summed E-state index contributed by atoms with van der Waals surface area (Å²) in [4.78, 5) is 4.70. The molecule has 2 aliphatic rings. The zero-order valence-electron chi connectivity index (χ0n) is 12.5. The predicted molar refractivity (Wildman–Crippen MR) is 75.2 cm³/mol. The Bertz CT molecular complexity index is 467. The van der Waals surface area contributed by atoms with E-state index in [9.17, 15) is 0 Å². The summed E-state index contributed by atoms with van der Waals surface area (Å²) >= 11 is 0. The number of hydrogen-bond donors (Lipinski definition) is 1. The van der Waals surface area contributed by atoms with E-state index in [0.717, 1.165) is 37.9 Å². The molecule has 1 aromatic rings. The van der Waals surface area contributed by atoms with E-state index in [1.165, 1.54) is 12.8 Å². The number of nitrogens with zero attached hydrogens (tertiary/aromatic N) is 2. The summed E-state index contributed by atoms with van der Waals surface area (Å²) < 4.78 is 11.6. The lowest BCUT2D eigenvalue weighted by Gasteiger charge is -2.26. The molecule has 2 atom stereocenters. The highest BCUT2D eigenvalue weighted by molar-refractivity contribution is 5.14. The molecule has 112 valence electrons. The van der Waals surface area contributed by atoms with Gasteiger partial charge in [-0.3, -0.25) is 0 Å². The molecule has 1 aromatic heterocycles. The van der Waals surface area contributed by atoms with Crippen molar-refractivity contribution in [3.05, 3.63) is 11.7 Å². The first kappa shape index (κ1) is 14.0. The van der Waals surface area contributed by atoms with Crippen molar-refractivity contribution < 1.29 is 9.26 Å². The quantitative estimate of drug-likeness (QED) is 0.917. The third kappa shape index (κ3) is 2.07. The van der Waals surface area contributed by atoms with Gasteiger partial charge in [0.2, 0.25) is 11.7 Å². The molecule has 2 fully saturated rings. The summed E-state index contributed by atoms with van der Waals surface area (Å²) in [6.45, 7) is 4.85. The summed E-state index contributed by atoms with van der Waals surface area (Å²) in [5.74, 6) is 1.43. The molecule has 0 aliphatic heterocycles. The van der Waals surface area contributed by atoms with Gasteiger partial charge < -0.3 is 15.0 Å². The van der Waals surface area contributed by atoms with Crippen LogP contribution >= 0.6 is 0 Å². The topological polar surface area (TPSA) is 74.2 Å². The molecule has 2 saturated carbocycles. The van der Waals surface area contributed by atoms with Crippen LogP contribution in [0.5, 0.6) is 0 Å². The Kier molecular flexibility index (Phi) is 3.58. The smallest absolute Gasteiger partial charge is 0.234 e. The molecule has 0 saturated heterocycles. The first-order valence-electron chi connectivity index (χ1n) is 7.85. The molecule has 0 amide bonds. The van der Waals surface area contributed by atoms with Crippen molar-refractivity contribution in [2.24, 2.45) is 5.73 Å². The van der Waals surface area contributed by atoms with Crippen LogP contribution in [0.3, 0.4) is 0 Å². The van der Waals surface area contributed by atoms with E-state index < -0.39 is 0 Å². The minimum atomic E-state index is -0.324. The average molecular weight is 279 g/mol. The van der Waals surface area contributed by atoms with Crippen LogP contribution in [0.2, 0.25) is 0 Å². The number of ether oxygens (including phenoxy) is 1. The molecule has 5 heteroatoms. The monoisotopic (exact) mass is 279 g/mol. The second-order valence-corrected chi connectivity index (χ2v) is 6.47. The lowest BCUT2D eigenvalue weighted by molar-refractivity contribution is -0.0469. The standard InChI is InChI=1S/C15H25N3O2/c1-3-19-15(9-4-5-10-15)12-17-13(20-18-12)14(2)8-6-7-11(14)16/h11H,3-10,16H2,1-2H3. The van der Waals surface area contributed by atoms with E-state index in [0.29, 0.717) is 12.5 Å². The molecule has 0 radical (unpaired) electrons. The molecule has 0 aromatic carbocycles. The maximum atomic E-state index is 6.24. The van der Waals surface area contributed by atoms with Crippen molar-refractivity contribution in [1.29, 1.82) is 0 Å². The van der Waals surface area contributed by atoms with Gasteiger partial charge in [0, 0.05) is 12.6 Å². The van der Waals surface area contributed by atoms with Crippen molar-refractivity contribution in [3.8, 4) is 0 Å². The Morgan fingerprint density at radius 2 is 2.05 bits per heavy atom. The molecular formula is C15H25N3O2. The van der Waals surface area contributed by atoms with E-state index in [1.54, 1.807) is 0 Å². The van der Waals surface area contributed by atoms with E-state index in [1.807, 2.05) is 6.92 Å². The summed E-state index contributed by atoms with van der Waals surface area (Å²) in [5, 5.41) is 4.25. The van der Waals surface area contributed by atoms with Crippen LogP contribution in [0, 0.1) is 0 Å². The predicted octanol–water partition coefficient (Wildman–Crippen LogP) is 2.64. The maximum absolute atomic E-state index is 6.24. The number of hydrogen-bond acceptors (Lipinski definition) is 5. The fraction of sp³-hybridized carbons (Fsp3) is 0.867. The van der Waals surface area contributed by atoms with Gasteiger partial charge in [-0.2, -0.15) is 4.98 Å². The highest BCUT2D eigenvalue weighted by Gasteiger charge is 2.46. The van der Waals surface area contributed by atoms with Crippen molar-refractivity contribution in [3.63, 3.8) is 0 Å². The molecule has 0 bridgehead atoms. The van der Waals surface area contributed by atoms with E-state index in [4.69, 9.17) is 20.0 Å². The first-order chi connectivity index (χ1) is 9.61. The van der Waals surface area contributed by atoms with Gasteiger partial charge >= 0.3 is 0 Å². The first-order valence-corrected chi connectivity index (χ1v) is 7.85. The van der Waals surface area contributed by atoms with Crippen LogP contribution in [0.15, 0.2) is 4.52 Å².